The molecule has 1 atom stereocenters. The van der Waals surface area contributed by atoms with Crippen molar-refractivity contribution in [2.24, 2.45) is 5.92 Å². The molecule has 0 aliphatic carbocycles. The summed E-state index contributed by atoms with van der Waals surface area (Å²) in [5, 5.41) is 0. The first-order valence-corrected chi connectivity index (χ1v) is 9.03. The van der Waals surface area contributed by atoms with E-state index in [-0.39, 0.29) is 5.92 Å². The lowest BCUT2D eigenvalue weighted by Crippen LogP contribution is -2.39. The second kappa shape index (κ2) is 8.92. The molecule has 3 rings (SSSR count). The molecule has 5 heteroatoms. The van der Waals surface area contributed by atoms with Gasteiger partial charge in [0.15, 0.2) is 0 Å². The predicted molar refractivity (Wildman–Crippen MR) is 97.3 cm³/mol. The first-order chi connectivity index (χ1) is 12.3. The lowest BCUT2D eigenvalue weighted by Gasteiger charge is -2.32. The van der Waals surface area contributed by atoms with Crippen molar-refractivity contribution in [2.45, 2.75) is 32.4 Å². The Morgan fingerprint density at radius 3 is 2.96 bits per heavy atom. The molecule has 0 spiro atoms. The van der Waals surface area contributed by atoms with Crippen LogP contribution < -0.4 is 0 Å². The number of piperidine rings is 1. The lowest BCUT2D eigenvalue weighted by molar-refractivity contribution is -0.124. The number of rotatable bonds is 8. The SMILES string of the molecule is COCCn1cncc1CN1CCC[C@@H](C(=O)Cc2ccccc2)C1. The number of hydrogen-bond acceptors (Lipinski definition) is 4. The normalized spacial score (nSPS) is 18.4. The van der Waals surface area contributed by atoms with Gasteiger partial charge >= 0.3 is 0 Å². The van der Waals surface area contributed by atoms with Crippen LogP contribution >= 0.6 is 0 Å². The molecular weight excluding hydrogens is 314 g/mol. The summed E-state index contributed by atoms with van der Waals surface area (Å²) in [6, 6.07) is 10.1. The van der Waals surface area contributed by atoms with Crippen molar-refractivity contribution in [3.8, 4) is 0 Å². The number of carbonyl (C=O) groups excluding carboxylic acids is 1. The largest absolute Gasteiger partial charge is 0.383 e. The molecule has 0 saturated carbocycles. The Labute approximate surface area is 149 Å². The van der Waals surface area contributed by atoms with Crippen molar-refractivity contribution >= 4 is 5.78 Å². The summed E-state index contributed by atoms with van der Waals surface area (Å²) in [4.78, 5) is 19.3. The van der Waals surface area contributed by atoms with Gasteiger partial charge in [-0.2, -0.15) is 0 Å². The van der Waals surface area contributed by atoms with E-state index in [0.717, 1.165) is 44.6 Å². The van der Waals surface area contributed by atoms with Gasteiger partial charge in [-0.3, -0.25) is 9.69 Å². The molecule has 134 valence electrons. The molecule has 5 nitrogen and oxygen atoms in total. The molecule has 0 unspecified atom stereocenters. The summed E-state index contributed by atoms with van der Waals surface area (Å²) in [6.45, 7) is 4.24. The molecule has 25 heavy (non-hydrogen) atoms. The van der Waals surface area contributed by atoms with E-state index in [1.807, 2.05) is 42.9 Å². The van der Waals surface area contributed by atoms with Crippen LogP contribution in [0.25, 0.3) is 0 Å². The van der Waals surface area contributed by atoms with Crippen LogP contribution in [-0.2, 0) is 29.0 Å². The molecule has 0 radical (unpaired) electrons. The van der Waals surface area contributed by atoms with E-state index < -0.39 is 0 Å². The minimum atomic E-state index is 0.143. The highest BCUT2D eigenvalue weighted by Gasteiger charge is 2.26. The molecule has 0 bridgehead atoms. The first-order valence-electron chi connectivity index (χ1n) is 9.03. The summed E-state index contributed by atoms with van der Waals surface area (Å²) in [6.07, 6.45) is 6.41. The fraction of sp³-hybridized carbons (Fsp3) is 0.500. The Hall–Kier alpha value is -1.98. The average molecular weight is 341 g/mol. The van der Waals surface area contributed by atoms with Crippen molar-refractivity contribution in [1.82, 2.24) is 14.5 Å². The Bertz CT molecular complexity index is 669. The van der Waals surface area contributed by atoms with E-state index in [9.17, 15) is 4.79 Å². The number of ether oxygens (including phenoxy) is 1. The number of imidazole rings is 1. The Morgan fingerprint density at radius 1 is 1.32 bits per heavy atom. The van der Waals surface area contributed by atoms with Crippen LogP contribution in [0.15, 0.2) is 42.9 Å². The zero-order valence-corrected chi connectivity index (χ0v) is 14.9. The number of ketones is 1. The van der Waals surface area contributed by atoms with Gasteiger partial charge in [0, 0.05) is 45.3 Å². The minimum absolute atomic E-state index is 0.143. The third kappa shape index (κ3) is 5.00. The van der Waals surface area contributed by atoms with Gasteiger partial charge in [-0.25, -0.2) is 4.98 Å². The molecule has 0 N–H and O–H groups in total. The van der Waals surface area contributed by atoms with Crippen molar-refractivity contribution in [2.75, 3.05) is 26.8 Å². The zero-order chi connectivity index (χ0) is 17.5. The van der Waals surface area contributed by atoms with Crippen molar-refractivity contribution < 1.29 is 9.53 Å². The molecule has 1 fully saturated rings. The highest BCUT2D eigenvalue weighted by atomic mass is 16.5. The highest BCUT2D eigenvalue weighted by Crippen LogP contribution is 2.21. The molecule has 2 aromatic rings. The minimum Gasteiger partial charge on any atom is -0.383 e. The maximum atomic E-state index is 12.7. The first kappa shape index (κ1) is 17.8. The topological polar surface area (TPSA) is 47.4 Å². The molecule has 1 aliphatic heterocycles. The van der Waals surface area contributed by atoms with E-state index in [2.05, 4.69) is 14.5 Å². The van der Waals surface area contributed by atoms with Crippen LogP contribution in [0.3, 0.4) is 0 Å². The Kier molecular flexibility index (Phi) is 6.36. The third-order valence-corrected chi connectivity index (χ3v) is 4.90. The maximum absolute atomic E-state index is 12.7. The van der Waals surface area contributed by atoms with E-state index in [1.54, 1.807) is 7.11 Å². The molecule has 1 saturated heterocycles. The smallest absolute Gasteiger partial charge is 0.141 e. The average Bonchev–Trinajstić information content (AvgIpc) is 3.08. The van der Waals surface area contributed by atoms with Crippen LogP contribution in [-0.4, -0.2) is 47.0 Å². The monoisotopic (exact) mass is 341 g/mol. The van der Waals surface area contributed by atoms with Gasteiger partial charge in [-0.15, -0.1) is 0 Å². The molecule has 0 amide bonds. The molecule has 1 aliphatic rings. The lowest BCUT2D eigenvalue weighted by atomic mass is 9.90. The van der Waals surface area contributed by atoms with Gasteiger partial charge in [0.1, 0.15) is 5.78 Å². The number of benzene rings is 1. The van der Waals surface area contributed by atoms with Crippen molar-refractivity contribution in [3.63, 3.8) is 0 Å². The van der Waals surface area contributed by atoms with E-state index in [1.165, 1.54) is 5.69 Å². The fourth-order valence-electron chi connectivity index (χ4n) is 3.50. The molecule has 1 aromatic carbocycles. The second-order valence-electron chi connectivity index (χ2n) is 6.77. The Morgan fingerprint density at radius 2 is 2.16 bits per heavy atom. The second-order valence-corrected chi connectivity index (χ2v) is 6.77. The van der Waals surface area contributed by atoms with Crippen LogP contribution in [0.2, 0.25) is 0 Å². The van der Waals surface area contributed by atoms with Crippen molar-refractivity contribution in [1.29, 1.82) is 0 Å². The van der Waals surface area contributed by atoms with Crippen LogP contribution in [0, 0.1) is 5.92 Å². The summed E-state index contributed by atoms with van der Waals surface area (Å²) >= 11 is 0. The predicted octanol–water partition coefficient (Wildman–Crippen LogP) is 2.55. The summed E-state index contributed by atoms with van der Waals surface area (Å²) in [5.74, 6) is 0.507. The number of hydrogen-bond donors (Lipinski definition) is 0. The van der Waals surface area contributed by atoms with Gasteiger partial charge in [0.25, 0.3) is 0 Å². The summed E-state index contributed by atoms with van der Waals surface area (Å²) in [7, 11) is 1.71. The number of carbonyl (C=O) groups is 1. The van der Waals surface area contributed by atoms with Crippen LogP contribution in [0.4, 0.5) is 0 Å². The number of Topliss-reactive ketones (excluding diaryl/α,β-unsaturated/α-hetero) is 1. The summed E-state index contributed by atoms with van der Waals surface area (Å²) < 4.78 is 7.30. The van der Waals surface area contributed by atoms with Crippen LogP contribution in [0.5, 0.6) is 0 Å². The molecular formula is C20H27N3O2. The third-order valence-electron chi connectivity index (χ3n) is 4.90. The van der Waals surface area contributed by atoms with Gasteiger partial charge in [-0.05, 0) is 24.9 Å². The quantitative estimate of drug-likeness (QED) is 0.740. The van der Waals surface area contributed by atoms with Gasteiger partial charge in [-0.1, -0.05) is 30.3 Å². The number of likely N-dealkylation sites (tertiary alicyclic amines) is 1. The van der Waals surface area contributed by atoms with E-state index in [4.69, 9.17) is 4.74 Å². The van der Waals surface area contributed by atoms with Crippen molar-refractivity contribution in [3.05, 3.63) is 54.1 Å². The number of methoxy groups -OCH3 is 1. The fourth-order valence-corrected chi connectivity index (χ4v) is 3.50. The van der Waals surface area contributed by atoms with Crippen LogP contribution in [0.1, 0.15) is 24.1 Å². The number of aromatic nitrogens is 2. The molecule has 1 aromatic heterocycles. The maximum Gasteiger partial charge on any atom is 0.141 e. The highest BCUT2D eigenvalue weighted by molar-refractivity contribution is 5.83. The number of nitrogens with zero attached hydrogens (tertiary/aromatic N) is 3. The van der Waals surface area contributed by atoms with E-state index in [0.29, 0.717) is 18.8 Å². The van der Waals surface area contributed by atoms with Gasteiger partial charge in [0.2, 0.25) is 0 Å². The Balaban J connectivity index is 1.56. The van der Waals surface area contributed by atoms with Gasteiger partial charge < -0.3 is 9.30 Å². The zero-order valence-electron chi connectivity index (χ0n) is 14.9. The van der Waals surface area contributed by atoms with Gasteiger partial charge in [0.05, 0.1) is 18.6 Å². The molecule has 2 heterocycles. The standard InChI is InChI=1S/C20H27N3O2/c1-25-11-10-23-16-21-13-19(23)15-22-9-5-8-18(14-22)20(24)12-17-6-3-2-4-7-17/h2-4,6-7,13,16,18H,5,8-12,14-15H2,1H3/t18-/m1/s1. The van der Waals surface area contributed by atoms with E-state index >= 15 is 0 Å². The summed E-state index contributed by atoms with van der Waals surface area (Å²) in [5.41, 5.74) is 2.30.